The van der Waals surface area contributed by atoms with Gasteiger partial charge in [0, 0.05) is 18.7 Å². The topological polar surface area (TPSA) is 93.5 Å². The van der Waals surface area contributed by atoms with Gasteiger partial charge in [-0.2, -0.15) is 0 Å². The maximum absolute atomic E-state index is 12.5. The number of benzene rings is 2. The molecule has 0 aliphatic carbocycles. The minimum absolute atomic E-state index is 0.195. The Morgan fingerprint density at radius 2 is 1.79 bits per heavy atom. The summed E-state index contributed by atoms with van der Waals surface area (Å²) in [6.07, 6.45) is 2.15. The van der Waals surface area contributed by atoms with E-state index in [9.17, 15) is 9.59 Å². The minimum Gasteiger partial charge on any atom is -0.462 e. The van der Waals surface area contributed by atoms with Gasteiger partial charge in [0.1, 0.15) is 0 Å². The lowest BCUT2D eigenvalue weighted by molar-refractivity contribution is 0.0502. The number of rotatable bonds is 8. The van der Waals surface area contributed by atoms with Crippen LogP contribution in [0.1, 0.15) is 23.7 Å². The van der Waals surface area contributed by atoms with Crippen LogP contribution in [0.4, 0.5) is 4.79 Å². The van der Waals surface area contributed by atoms with Gasteiger partial charge in [-0.1, -0.05) is 42.5 Å². The fourth-order valence-corrected chi connectivity index (χ4v) is 2.72. The Balaban J connectivity index is 1.63. The van der Waals surface area contributed by atoms with Crippen molar-refractivity contribution >= 4 is 12.0 Å². The fraction of sp³-hybridized carbons (Fsp3) is 0.227. The van der Waals surface area contributed by atoms with E-state index < -0.39 is 5.97 Å². The molecule has 2 aromatic carbocycles. The van der Waals surface area contributed by atoms with Crippen molar-refractivity contribution in [3.8, 4) is 22.8 Å². The van der Waals surface area contributed by atoms with Crippen molar-refractivity contribution in [1.29, 1.82) is 0 Å². The fourth-order valence-electron chi connectivity index (χ4n) is 2.72. The number of ether oxygens (including phenoxy) is 1. The highest BCUT2D eigenvalue weighted by atomic mass is 16.5. The summed E-state index contributed by atoms with van der Waals surface area (Å²) in [5.74, 6) is 0.521. The first kappa shape index (κ1) is 20.1. The van der Waals surface area contributed by atoms with Gasteiger partial charge in [0.15, 0.2) is 5.76 Å². The molecule has 29 heavy (non-hydrogen) atoms. The van der Waals surface area contributed by atoms with Gasteiger partial charge in [0.2, 0.25) is 5.89 Å². The van der Waals surface area contributed by atoms with Crippen LogP contribution in [0.2, 0.25) is 0 Å². The first-order valence-corrected chi connectivity index (χ1v) is 9.48. The van der Waals surface area contributed by atoms with E-state index in [0.29, 0.717) is 42.3 Å². The number of nitrogens with zero attached hydrogens (tertiary/aromatic N) is 1. The third-order valence-electron chi connectivity index (χ3n) is 4.12. The SMILES string of the molecule is CCNC(=O)NCCCOC(=O)c1ccccc1-c1ncc(-c2ccccc2)o1. The van der Waals surface area contributed by atoms with Crippen molar-refractivity contribution in [2.75, 3.05) is 19.7 Å². The maximum atomic E-state index is 12.5. The van der Waals surface area contributed by atoms with Gasteiger partial charge in [-0.05, 0) is 25.5 Å². The number of carbonyl (C=O) groups excluding carboxylic acids is 2. The van der Waals surface area contributed by atoms with Crippen molar-refractivity contribution in [3.05, 3.63) is 66.4 Å². The summed E-state index contributed by atoms with van der Waals surface area (Å²) in [7, 11) is 0. The Bertz CT molecular complexity index is 953. The van der Waals surface area contributed by atoms with E-state index in [0.717, 1.165) is 5.56 Å². The van der Waals surface area contributed by atoms with E-state index in [1.165, 1.54) is 0 Å². The number of hydrogen-bond acceptors (Lipinski definition) is 5. The summed E-state index contributed by atoms with van der Waals surface area (Å²) in [5, 5.41) is 5.32. The Hall–Kier alpha value is -3.61. The molecule has 0 spiro atoms. The number of hydrogen-bond donors (Lipinski definition) is 2. The molecule has 0 aliphatic heterocycles. The van der Waals surface area contributed by atoms with Crippen LogP contribution in [-0.4, -0.2) is 36.7 Å². The molecule has 7 nitrogen and oxygen atoms in total. The summed E-state index contributed by atoms with van der Waals surface area (Å²) < 4.78 is 11.2. The second kappa shape index (κ2) is 10.1. The second-order valence-electron chi connectivity index (χ2n) is 6.22. The number of amides is 2. The van der Waals surface area contributed by atoms with Gasteiger partial charge in [0.25, 0.3) is 0 Å². The van der Waals surface area contributed by atoms with Crippen LogP contribution < -0.4 is 10.6 Å². The van der Waals surface area contributed by atoms with E-state index in [1.807, 2.05) is 43.3 Å². The summed E-state index contributed by atoms with van der Waals surface area (Å²) >= 11 is 0. The Morgan fingerprint density at radius 3 is 2.59 bits per heavy atom. The molecule has 7 heteroatoms. The first-order valence-electron chi connectivity index (χ1n) is 9.48. The van der Waals surface area contributed by atoms with Crippen molar-refractivity contribution < 1.29 is 18.7 Å². The van der Waals surface area contributed by atoms with Crippen LogP contribution in [-0.2, 0) is 4.74 Å². The molecule has 0 atom stereocenters. The molecule has 3 aromatic rings. The van der Waals surface area contributed by atoms with Crippen LogP contribution in [0.3, 0.4) is 0 Å². The summed E-state index contributed by atoms with van der Waals surface area (Å²) in [6.45, 7) is 3.02. The number of esters is 1. The van der Waals surface area contributed by atoms with E-state index in [-0.39, 0.29) is 12.6 Å². The predicted octanol–water partition coefficient (Wildman–Crippen LogP) is 3.87. The average Bonchev–Trinajstić information content (AvgIpc) is 3.24. The highest BCUT2D eigenvalue weighted by molar-refractivity contribution is 5.96. The van der Waals surface area contributed by atoms with Gasteiger partial charge in [0.05, 0.1) is 23.9 Å². The van der Waals surface area contributed by atoms with Crippen LogP contribution in [0.25, 0.3) is 22.8 Å². The normalized spacial score (nSPS) is 10.4. The molecule has 2 N–H and O–H groups in total. The first-order chi connectivity index (χ1) is 14.2. The zero-order valence-electron chi connectivity index (χ0n) is 16.2. The number of carbonyl (C=O) groups is 2. The van der Waals surface area contributed by atoms with Gasteiger partial charge < -0.3 is 19.8 Å². The smallest absolute Gasteiger partial charge is 0.338 e. The van der Waals surface area contributed by atoms with Gasteiger partial charge in [-0.25, -0.2) is 14.6 Å². The van der Waals surface area contributed by atoms with Crippen LogP contribution in [0.15, 0.2) is 65.2 Å². The highest BCUT2D eigenvalue weighted by Crippen LogP contribution is 2.28. The average molecular weight is 393 g/mol. The zero-order chi connectivity index (χ0) is 20.5. The summed E-state index contributed by atoms with van der Waals surface area (Å²) in [4.78, 5) is 28.2. The number of oxazole rings is 1. The Kier molecular flexibility index (Phi) is 7.00. The second-order valence-corrected chi connectivity index (χ2v) is 6.22. The predicted molar refractivity (Wildman–Crippen MR) is 109 cm³/mol. The van der Waals surface area contributed by atoms with Crippen LogP contribution >= 0.6 is 0 Å². The van der Waals surface area contributed by atoms with Gasteiger partial charge in [-0.15, -0.1) is 0 Å². The Morgan fingerprint density at radius 1 is 1.03 bits per heavy atom. The number of urea groups is 1. The molecule has 150 valence electrons. The lowest BCUT2D eigenvalue weighted by Gasteiger charge is -2.08. The highest BCUT2D eigenvalue weighted by Gasteiger charge is 2.18. The molecule has 1 heterocycles. The molecule has 0 saturated heterocycles. The summed E-state index contributed by atoms with van der Waals surface area (Å²) in [6, 6.07) is 16.4. The van der Waals surface area contributed by atoms with E-state index >= 15 is 0 Å². The largest absolute Gasteiger partial charge is 0.462 e. The maximum Gasteiger partial charge on any atom is 0.338 e. The standard InChI is InChI=1S/C22H23N3O4/c1-2-23-22(27)24-13-8-14-28-21(26)18-12-7-6-11-17(18)20-25-15-19(29-20)16-9-4-3-5-10-16/h3-7,9-12,15H,2,8,13-14H2,1H3,(H2,23,24,27). The molecule has 1 aromatic heterocycles. The monoisotopic (exact) mass is 393 g/mol. The lowest BCUT2D eigenvalue weighted by atomic mass is 10.1. The third-order valence-corrected chi connectivity index (χ3v) is 4.12. The number of aromatic nitrogens is 1. The van der Waals surface area contributed by atoms with Crippen LogP contribution in [0.5, 0.6) is 0 Å². The van der Waals surface area contributed by atoms with E-state index in [4.69, 9.17) is 9.15 Å². The Labute approximate surface area is 169 Å². The molecule has 0 bridgehead atoms. The molecule has 0 radical (unpaired) electrons. The minimum atomic E-state index is -0.460. The quantitative estimate of drug-likeness (QED) is 0.448. The number of nitrogens with one attached hydrogen (secondary N) is 2. The van der Waals surface area contributed by atoms with Crippen LogP contribution in [0, 0.1) is 0 Å². The molecular weight excluding hydrogens is 370 g/mol. The van der Waals surface area contributed by atoms with Gasteiger partial charge in [-0.3, -0.25) is 0 Å². The lowest BCUT2D eigenvalue weighted by Crippen LogP contribution is -2.36. The molecular formula is C22H23N3O4. The van der Waals surface area contributed by atoms with Crippen molar-refractivity contribution in [2.45, 2.75) is 13.3 Å². The van der Waals surface area contributed by atoms with Crippen molar-refractivity contribution in [3.63, 3.8) is 0 Å². The van der Waals surface area contributed by atoms with Crippen molar-refractivity contribution in [1.82, 2.24) is 15.6 Å². The van der Waals surface area contributed by atoms with Gasteiger partial charge >= 0.3 is 12.0 Å². The molecule has 0 aliphatic rings. The molecule has 3 rings (SSSR count). The molecule has 0 saturated carbocycles. The van der Waals surface area contributed by atoms with E-state index in [1.54, 1.807) is 24.4 Å². The third kappa shape index (κ3) is 5.44. The molecule has 0 unspecified atom stereocenters. The zero-order valence-corrected chi connectivity index (χ0v) is 16.2. The van der Waals surface area contributed by atoms with E-state index in [2.05, 4.69) is 15.6 Å². The molecule has 0 fully saturated rings. The molecule has 2 amide bonds. The van der Waals surface area contributed by atoms with Crippen molar-refractivity contribution in [2.24, 2.45) is 0 Å². The summed E-state index contributed by atoms with van der Waals surface area (Å²) in [5.41, 5.74) is 1.86.